The van der Waals surface area contributed by atoms with Crippen molar-refractivity contribution in [3.63, 3.8) is 0 Å². The van der Waals surface area contributed by atoms with Crippen LogP contribution in [0.15, 0.2) is 12.1 Å². The van der Waals surface area contributed by atoms with Gasteiger partial charge in [-0.25, -0.2) is 0 Å². The van der Waals surface area contributed by atoms with Gasteiger partial charge in [0.1, 0.15) is 0 Å². The van der Waals surface area contributed by atoms with Crippen molar-refractivity contribution in [1.29, 1.82) is 0 Å². The number of benzene rings is 1. The van der Waals surface area contributed by atoms with Crippen LogP contribution >= 0.6 is 0 Å². The van der Waals surface area contributed by atoms with Gasteiger partial charge in [0, 0.05) is 18.6 Å². The van der Waals surface area contributed by atoms with Crippen molar-refractivity contribution in [1.82, 2.24) is 10.2 Å². The zero-order chi connectivity index (χ0) is 15.5. The van der Waals surface area contributed by atoms with Gasteiger partial charge in [-0.3, -0.25) is 0 Å². The van der Waals surface area contributed by atoms with Gasteiger partial charge >= 0.3 is 0 Å². The monoisotopic (exact) mass is 288 g/mol. The predicted octanol–water partition coefficient (Wildman–Crippen LogP) is 3.97. The summed E-state index contributed by atoms with van der Waals surface area (Å²) < 4.78 is 0. The molecule has 2 heteroatoms. The molecule has 0 aliphatic heterocycles. The van der Waals surface area contributed by atoms with Crippen LogP contribution in [-0.4, -0.2) is 31.1 Å². The summed E-state index contributed by atoms with van der Waals surface area (Å²) in [5.74, 6) is 0. The van der Waals surface area contributed by atoms with Crippen molar-refractivity contribution in [3.8, 4) is 0 Å². The summed E-state index contributed by atoms with van der Waals surface area (Å²) in [4.78, 5) is 2.45. The lowest BCUT2D eigenvalue weighted by Gasteiger charge is -2.43. The third-order valence-corrected chi connectivity index (χ3v) is 5.45. The van der Waals surface area contributed by atoms with Crippen molar-refractivity contribution in [3.05, 3.63) is 34.4 Å². The number of nitrogens with one attached hydrogen (secondary N) is 1. The first-order valence-corrected chi connectivity index (χ1v) is 8.39. The number of rotatable bonds is 5. The number of hydrogen-bond donors (Lipinski definition) is 1. The second-order valence-corrected chi connectivity index (χ2v) is 7.15. The Labute approximate surface area is 130 Å². The van der Waals surface area contributed by atoms with Crippen LogP contribution in [0.25, 0.3) is 0 Å². The Morgan fingerprint density at radius 3 is 2.19 bits per heavy atom. The highest BCUT2D eigenvalue weighted by molar-refractivity contribution is 5.36. The van der Waals surface area contributed by atoms with E-state index in [9.17, 15) is 0 Å². The molecule has 2 rings (SSSR count). The molecule has 1 aliphatic rings. The van der Waals surface area contributed by atoms with Crippen LogP contribution in [0.3, 0.4) is 0 Å². The molecule has 1 fully saturated rings. The van der Waals surface area contributed by atoms with E-state index in [2.05, 4.69) is 57.2 Å². The van der Waals surface area contributed by atoms with Crippen LogP contribution < -0.4 is 5.32 Å². The molecule has 1 saturated carbocycles. The Kier molecular flexibility index (Phi) is 5.45. The minimum absolute atomic E-state index is 0.367. The lowest BCUT2D eigenvalue weighted by Crippen LogP contribution is -2.52. The summed E-state index contributed by atoms with van der Waals surface area (Å²) in [5.41, 5.74) is 6.02. The molecule has 118 valence electrons. The van der Waals surface area contributed by atoms with Gasteiger partial charge in [0.2, 0.25) is 0 Å². The van der Waals surface area contributed by atoms with E-state index >= 15 is 0 Å². The molecule has 0 amide bonds. The largest absolute Gasteiger partial charge is 0.311 e. The van der Waals surface area contributed by atoms with E-state index in [4.69, 9.17) is 0 Å². The molecular weight excluding hydrogens is 256 g/mol. The minimum Gasteiger partial charge on any atom is -0.311 e. The minimum atomic E-state index is 0.367. The fourth-order valence-electron chi connectivity index (χ4n) is 3.63. The molecule has 1 N–H and O–H groups in total. The first-order chi connectivity index (χ1) is 9.94. The Morgan fingerprint density at radius 2 is 1.57 bits per heavy atom. The molecule has 0 unspecified atom stereocenters. The number of hydrogen-bond acceptors (Lipinski definition) is 2. The van der Waals surface area contributed by atoms with Crippen LogP contribution in [0.1, 0.15) is 54.4 Å². The average Bonchev–Trinajstić information content (AvgIpc) is 2.45. The van der Waals surface area contributed by atoms with Crippen molar-refractivity contribution in [2.45, 2.75) is 65.0 Å². The van der Waals surface area contributed by atoms with Crippen molar-refractivity contribution in [2.75, 3.05) is 20.6 Å². The fourth-order valence-corrected chi connectivity index (χ4v) is 3.63. The van der Waals surface area contributed by atoms with Crippen LogP contribution in [0, 0.1) is 20.8 Å². The first kappa shape index (κ1) is 16.5. The highest BCUT2D eigenvalue weighted by Gasteiger charge is 2.33. The highest BCUT2D eigenvalue weighted by Crippen LogP contribution is 2.31. The molecule has 0 spiro atoms. The highest BCUT2D eigenvalue weighted by atomic mass is 15.2. The lowest BCUT2D eigenvalue weighted by molar-refractivity contribution is 0.0984. The fraction of sp³-hybridized carbons (Fsp3) is 0.684. The number of nitrogens with zero attached hydrogens (tertiary/aromatic N) is 1. The van der Waals surface area contributed by atoms with Gasteiger partial charge < -0.3 is 10.2 Å². The van der Waals surface area contributed by atoms with E-state index in [1.807, 2.05) is 0 Å². The van der Waals surface area contributed by atoms with Gasteiger partial charge in [-0.15, -0.1) is 0 Å². The van der Waals surface area contributed by atoms with Gasteiger partial charge in [-0.2, -0.15) is 0 Å². The molecule has 0 bridgehead atoms. The summed E-state index contributed by atoms with van der Waals surface area (Å²) in [6.07, 6.45) is 6.83. The van der Waals surface area contributed by atoms with Gasteiger partial charge in [-0.05, 0) is 70.0 Å². The Morgan fingerprint density at radius 1 is 0.952 bits per heavy atom. The van der Waals surface area contributed by atoms with Gasteiger partial charge in [0.15, 0.2) is 0 Å². The maximum absolute atomic E-state index is 3.74. The second kappa shape index (κ2) is 6.93. The molecule has 0 radical (unpaired) electrons. The van der Waals surface area contributed by atoms with Gasteiger partial charge in [-0.1, -0.05) is 31.4 Å². The van der Waals surface area contributed by atoms with Crippen LogP contribution in [0.2, 0.25) is 0 Å². The summed E-state index contributed by atoms with van der Waals surface area (Å²) in [7, 11) is 4.49. The van der Waals surface area contributed by atoms with Crippen LogP contribution in [0.4, 0.5) is 0 Å². The molecule has 21 heavy (non-hydrogen) atoms. The second-order valence-electron chi connectivity index (χ2n) is 7.15. The maximum atomic E-state index is 3.74. The topological polar surface area (TPSA) is 15.3 Å². The molecule has 0 saturated heterocycles. The van der Waals surface area contributed by atoms with Gasteiger partial charge in [0.05, 0.1) is 0 Å². The summed E-state index contributed by atoms with van der Waals surface area (Å²) in [6, 6.07) is 4.66. The maximum Gasteiger partial charge on any atom is 0.0328 e. The SMILES string of the molecule is Cc1cc(C)c(CNCC2(N(C)C)CCCCC2)cc1C. The summed E-state index contributed by atoms with van der Waals surface area (Å²) >= 11 is 0. The molecule has 2 nitrogen and oxygen atoms in total. The molecule has 0 atom stereocenters. The normalized spacial score (nSPS) is 18.2. The lowest BCUT2D eigenvalue weighted by atomic mass is 9.80. The molecular formula is C19H32N2. The molecule has 0 aromatic heterocycles. The standard InChI is InChI=1S/C19H32N2/c1-15-11-17(3)18(12-16(15)2)13-20-14-19(21(4)5)9-7-6-8-10-19/h11-12,20H,6-10,13-14H2,1-5H3. The Balaban J connectivity index is 1.98. The van der Waals surface area contributed by atoms with Gasteiger partial charge in [0.25, 0.3) is 0 Å². The zero-order valence-electron chi connectivity index (χ0n) is 14.6. The van der Waals surface area contributed by atoms with Crippen molar-refractivity contribution >= 4 is 0 Å². The summed E-state index contributed by atoms with van der Waals surface area (Å²) in [5, 5.41) is 3.74. The van der Waals surface area contributed by atoms with E-state index in [1.54, 1.807) is 0 Å². The third kappa shape index (κ3) is 3.87. The van der Waals surface area contributed by atoms with Crippen molar-refractivity contribution < 1.29 is 0 Å². The third-order valence-electron chi connectivity index (χ3n) is 5.45. The average molecular weight is 288 g/mol. The van der Waals surface area contributed by atoms with Crippen molar-refractivity contribution in [2.24, 2.45) is 0 Å². The smallest absolute Gasteiger partial charge is 0.0328 e. The van der Waals surface area contributed by atoms with E-state index in [-0.39, 0.29) is 0 Å². The van der Waals surface area contributed by atoms with E-state index < -0.39 is 0 Å². The van der Waals surface area contributed by atoms with Crippen LogP contribution in [-0.2, 0) is 6.54 Å². The zero-order valence-corrected chi connectivity index (χ0v) is 14.6. The predicted molar refractivity (Wildman–Crippen MR) is 91.9 cm³/mol. The first-order valence-electron chi connectivity index (χ1n) is 8.39. The van der Waals surface area contributed by atoms with E-state index in [0.717, 1.165) is 13.1 Å². The van der Waals surface area contributed by atoms with E-state index in [0.29, 0.717) is 5.54 Å². The molecule has 1 aromatic rings. The summed E-state index contributed by atoms with van der Waals surface area (Å²) in [6.45, 7) is 8.73. The molecule has 0 heterocycles. The number of likely N-dealkylation sites (N-methyl/N-ethyl adjacent to an activating group) is 1. The van der Waals surface area contributed by atoms with Crippen LogP contribution in [0.5, 0.6) is 0 Å². The Hall–Kier alpha value is -0.860. The molecule has 1 aromatic carbocycles. The Bertz CT molecular complexity index is 471. The molecule has 1 aliphatic carbocycles. The quantitative estimate of drug-likeness (QED) is 0.882. The van der Waals surface area contributed by atoms with E-state index in [1.165, 1.54) is 54.4 Å². The number of aryl methyl sites for hydroxylation is 3.